The minimum absolute atomic E-state index is 0.123. The maximum Gasteiger partial charge on any atom is 0.275 e. The first-order chi connectivity index (χ1) is 13.3. The molecule has 4 heterocycles. The molecule has 136 valence electrons. The summed E-state index contributed by atoms with van der Waals surface area (Å²) in [6, 6.07) is 7.36. The number of ether oxygens (including phenoxy) is 2. The lowest BCUT2D eigenvalue weighted by Gasteiger charge is -2.19. The third kappa shape index (κ3) is 2.52. The second-order valence-electron chi connectivity index (χ2n) is 6.10. The molecule has 0 atom stereocenters. The molecule has 5 rings (SSSR count). The van der Waals surface area contributed by atoms with Crippen LogP contribution in [0.15, 0.2) is 41.6 Å². The van der Waals surface area contributed by atoms with Gasteiger partial charge in [0, 0.05) is 24.5 Å². The first-order valence-electron chi connectivity index (χ1n) is 8.69. The molecule has 0 aliphatic carbocycles. The van der Waals surface area contributed by atoms with Gasteiger partial charge in [0.1, 0.15) is 29.1 Å². The van der Waals surface area contributed by atoms with E-state index >= 15 is 0 Å². The van der Waals surface area contributed by atoms with E-state index in [0.29, 0.717) is 40.6 Å². The molecule has 1 aliphatic rings. The molecule has 0 saturated heterocycles. The zero-order valence-corrected chi connectivity index (χ0v) is 15.4. The van der Waals surface area contributed by atoms with Gasteiger partial charge in [0.15, 0.2) is 11.5 Å². The van der Waals surface area contributed by atoms with E-state index in [-0.39, 0.29) is 5.56 Å². The average molecular weight is 380 g/mol. The van der Waals surface area contributed by atoms with Gasteiger partial charge in [0.25, 0.3) is 5.56 Å². The average Bonchev–Trinajstić information content (AvgIpc) is 3.09. The highest BCUT2D eigenvalue weighted by Crippen LogP contribution is 2.35. The summed E-state index contributed by atoms with van der Waals surface area (Å²) in [7, 11) is 0. The van der Waals surface area contributed by atoms with Crippen LogP contribution < -0.4 is 20.3 Å². The van der Waals surface area contributed by atoms with Crippen LogP contribution in [0.1, 0.15) is 6.92 Å². The molecule has 0 radical (unpaired) electrons. The first-order valence-corrected chi connectivity index (χ1v) is 9.50. The zero-order chi connectivity index (χ0) is 18.4. The fourth-order valence-electron chi connectivity index (χ4n) is 3.26. The number of nitrogens with one attached hydrogen (secondary N) is 1. The Kier molecular flexibility index (Phi) is 3.71. The van der Waals surface area contributed by atoms with Gasteiger partial charge in [-0.3, -0.25) is 9.36 Å². The number of fused-ring (bicyclic) bond motifs is 4. The van der Waals surface area contributed by atoms with Gasteiger partial charge in [-0.2, -0.15) is 0 Å². The fraction of sp³-hybridized carbons (Fsp3) is 0.211. The van der Waals surface area contributed by atoms with E-state index in [9.17, 15) is 4.79 Å². The number of rotatable bonds is 3. The van der Waals surface area contributed by atoms with Crippen LogP contribution >= 0.6 is 11.3 Å². The minimum Gasteiger partial charge on any atom is -0.486 e. The topological polar surface area (TPSA) is 78.3 Å². The second kappa shape index (κ2) is 6.24. The molecule has 3 aromatic heterocycles. The van der Waals surface area contributed by atoms with E-state index in [1.165, 1.54) is 15.9 Å². The molecule has 1 N–H and O–H groups in total. The van der Waals surface area contributed by atoms with Crippen LogP contribution in [-0.4, -0.2) is 34.3 Å². The Labute approximate surface area is 158 Å². The fourth-order valence-corrected chi connectivity index (χ4v) is 4.31. The van der Waals surface area contributed by atoms with Crippen molar-refractivity contribution >= 4 is 37.5 Å². The van der Waals surface area contributed by atoms with Crippen molar-refractivity contribution in [2.24, 2.45) is 0 Å². The number of hydrogen-bond donors (Lipinski definition) is 1. The summed E-state index contributed by atoms with van der Waals surface area (Å²) in [5, 5.41) is 4.21. The number of pyridine rings is 1. The number of hydrogen-bond acceptors (Lipinski definition) is 7. The summed E-state index contributed by atoms with van der Waals surface area (Å²) in [6.45, 7) is 3.84. The van der Waals surface area contributed by atoms with Crippen molar-refractivity contribution in [3.63, 3.8) is 0 Å². The maximum absolute atomic E-state index is 13.1. The monoisotopic (exact) mass is 380 g/mol. The molecule has 0 saturated carbocycles. The lowest BCUT2D eigenvalue weighted by Crippen LogP contribution is -2.19. The molecule has 27 heavy (non-hydrogen) atoms. The Morgan fingerprint density at radius 2 is 2.04 bits per heavy atom. The highest BCUT2D eigenvalue weighted by Gasteiger charge is 2.17. The van der Waals surface area contributed by atoms with E-state index in [2.05, 4.69) is 15.3 Å². The summed E-state index contributed by atoms with van der Waals surface area (Å²) >= 11 is 1.36. The van der Waals surface area contributed by atoms with Gasteiger partial charge in [-0.1, -0.05) is 0 Å². The molecule has 1 aliphatic heterocycles. The van der Waals surface area contributed by atoms with E-state index in [1.54, 1.807) is 18.6 Å². The van der Waals surface area contributed by atoms with E-state index in [4.69, 9.17) is 9.47 Å². The molecule has 7 nitrogen and oxygen atoms in total. The van der Waals surface area contributed by atoms with Crippen LogP contribution in [0.4, 0.5) is 5.69 Å². The molecule has 0 unspecified atom stereocenters. The van der Waals surface area contributed by atoms with Gasteiger partial charge >= 0.3 is 0 Å². The lowest BCUT2D eigenvalue weighted by molar-refractivity contribution is 0.171. The van der Waals surface area contributed by atoms with E-state index in [0.717, 1.165) is 22.4 Å². The molecular weight excluding hydrogens is 364 g/mol. The highest BCUT2D eigenvalue weighted by atomic mass is 32.1. The number of nitrogens with zero attached hydrogens (tertiary/aromatic N) is 3. The van der Waals surface area contributed by atoms with Crippen LogP contribution in [0.5, 0.6) is 11.5 Å². The third-order valence-corrected chi connectivity index (χ3v) is 5.53. The molecule has 8 heteroatoms. The summed E-state index contributed by atoms with van der Waals surface area (Å²) in [4.78, 5) is 22.9. The summed E-state index contributed by atoms with van der Waals surface area (Å²) in [6.07, 6.45) is 3.31. The van der Waals surface area contributed by atoms with Crippen molar-refractivity contribution in [2.45, 2.75) is 6.92 Å². The summed E-state index contributed by atoms with van der Waals surface area (Å²) in [5.74, 6) is 1.33. The molecule has 1 aromatic carbocycles. The number of aromatic nitrogens is 3. The molecule has 0 amide bonds. The zero-order valence-electron chi connectivity index (χ0n) is 14.6. The predicted octanol–water partition coefficient (Wildman–Crippen LogP) is 3.20. The highest BCUT2D eigenvalue weighted by molar-refractivity contribution is 7.25. The van der Waals surface area contributed by atoms with Gasteiger partial charge < -0.3 is 14.8 Å². The Morgan fingerprint density at radius 3 is 2.89 bits per heavy atom. The smallest absolute Gasteiger partial charge is 0.275 e. The van der Waals surface area contributed by atoms with Gasteiger partial charge in [-0.15, -0.1) is 11.3 Å². The van der Waals surface area contributed by atoms with Crippen LogP contribution in [0, 0.1) is 0 Å². The number of benzene rings is 1. The van der Waals surface area contributed by atoms with Crippen molar-refractivity contribution in [3.8, 4) is 17.2 Å². The summed E-state index contributed by atoms with van der Waals surface area (Å²) in [5.41, 5.74) is 2.19. The summed E-state index contributed by atoms with van der Waals surface area (Å²) < 4.78 is 13.3. The largest absolute Gasteiger partial charge is 0.486 e. The lowest BCUT2D eigenvalue weighted by atomic mass is 10.2. The Bertz CT molecular complexity index is 1230. The molecule has 0 bridgehead atoms. The van der Waals surface area contributed by atoms with E-state index in [1.807, 2.05) is 25.1 Å². The van der Waals surface area contributed by atoms with Crippen molar-refractivity contribution < 1.29 is 9.47 Å². The Morgan fingerprint density at radius 1 is 1.19 bits per heavy atom. The van der Waals surface area contributed by atoms with Gasteiger partial charge in [-0.25, -0.2) is 9.97 Å². The Hall–Kier alpha value is -3.13. The first kappa shape index (κ1) is 16.1. The van der Waals surface area contributed by atoms with Gasteiger partial charge in [-0.05, 0) is 25.1 Å². The van der Waals surface area contributed by atoms with Crippen LogP contribution in [0.3, 0.4) is 0 Å². The van der Waals surface area contributed by atoms with Gasteiger partial charge in [0.05, 0.1) is 16.6 Å². The molecule has 0 spiro atoms. The molecule has 0 fully saturated rings. The SMILES string of the molecule is CCNc1ccnc2sc3c(=O)n(-c4ccc5c(c4)OCCO5)cnc3c12. The maximum atomic E-state index is 13.1. The minimum atomic E-state index is -0.123. The number of thiophene rings is 1. The quantitative estimate of drug-likeness (QED) is 0.588. The van der Waals surface area contributed by atoms with Crippen LogP contribution in [-0.2, 0) is 0 Å². The standard InChI is InChI=1S/C19H16N4O3S/c1-2-20-12-5-6-21-18-15(12)16-17(27-18)19(24)23(10-22-16)11-3-4-13-14(9-11)26-8-7-25-13/h3-6,9-10H,2,7-8H2,1H3,(H,20,21). The molecule has 4 aromatic rings. The normalized spacial score (nSPS) is 13.2. The van der Waals surface area contributed by atoms with Crippen molar-refractivity contribution in [1.29, 1.82) is 0 Å². The predicted molar refractivity (Wildman–Crippen MR) is 106 cm³/mol. The van der Waals surface area contributed by atoms with Crippen molar-refractivity contribution in [1.82, 2.24) is 14.5 Å². The third-order valence-electron chi connectivity index (χ3n) is 4.45. The second-order valence-corrected chi connectivity index (χ2v) is 7.10. The van der Waals surface area contributed by atoms with Gasteiger partial charge in [0.2, 0.25) is 0 Å². The Balaban J connectivity index is 1.71. The number of anilines is 1. The van der Waals surface area contributed by atoms with E-state index < -0.39 is 0 Å². The van der Waals surface area contributed by atoms with Crippen LogP contribution in [0.2, 0.25) is 0 Å². The van der Waals surface area contributed by atoms with Crippen molar-refractivity contribution in [2.75, 3.05) is 25.1 Å². The van der Waals surface area contributed by atoms with Crippen molar-refractivity contribution in [3.05, 3.63) is 47.1 Å². The molecular formula is C19H16N4O3S. The van der Waals surface area contributed by atoms with Crippen LogP contribution in [0.25, 0.3) is 26.1 Å².